The van der Waals surface area contributed by atoms with E-state index >= 15 is 0 Å². The Labute approximate surface area is 118 Å². The summed E-state index contributed by atoms with van der Waals surface area (Å²) >= 11 is 0. The van der Waals surface area contributed by atoms with Gasteiger partial charge in [0.15, 0.2) is 0 Å². The van der Waals surface area contributed by atoms with E-state index in [1.54, 1.807) is 13.8 Å². The molecule has 0 saturated heterocycles. The third-order valence-electron chi connectivity index (χ3n) is 2.03. The second-order valence-corrected chi connectivity index (χ2v) is 3.92. The molecule has 6 nitrogen and oxygen atoms in total. The molecule has 0 aromatic heterocycles. The minimum absolute atomic E-state index is 0. The van der Waals surface area contributed by atoms with Crippen LogP contribution in [0.1, 0.15) is 20.3 Å². The predicted octanol–water partition coefficient (Wildman–Crippen LogP) is -4.31. The van der Waals surface area contributed by atoms with E-state index < -0.39 is 17.4 Å². The molecule has 0 heterocycles. The van der Waals surface area contributed by atoms with Crippen molar-refractivity contribution in [3.05, 3.63) is 0 Å². The van der Waals surface area contributed by atoms with E-state index in [-0.39, 0.29) is 48.2 Å². The van der Waals surface area contributed by atoms with Gasteiger partial charge in [0, 0.05) is 18.6 Å². The summed E-state index contributed by atoms with van der Waals surface area (Å²) in [7, 11) is 0. The molecule has 0 fully saturated rings. The van der Waals surface area contributed by atoms with Crippen LogP contribution in [-0.4, -0.2) is 52.6 Å². The molecule has 0 aliphatic heterocycles. The van der Waals surface area contributed by atoms with Crippen LogP contribution >= 0.6 is 0 Å². The Balaban J connectivity index is -0.000000845. The Morgan fingerprint density at radius 2 is 1.88 bits per heavy atom. The monoisotopic (exact) mass is 245 g/mol. The van der Waals surface area contributed by atoms with Crippen molar-refractivity contribution in [2.75, 3.05) is 19.8 Å². The second kappa shape index (κ2) is 10.5. The minimum atomic E-state index is -1.23. The van der Waals surface area contributed by atoms with Crippen molar-refractivity contribution < 1.29 is 55.1 Å². The van der Waals surface area contributed by atoms with Gasteiger partial charge in [-0.1, -0.05) is 13.8 Å². The van der Waals surface area contributed by atoms with E-state index in [0.29, 0.717) is 13.0 Å². The Morgan fingerprint density at radius 1 is 1.38 bits per heavy atom. The zero-order valence-electron chi connectivity index (χ0n) is 10.1. The Hall–Kier alpha value is 0.310. The Bertz CT molecular complexity index is 189. The van der Waals surface area contributed by atoms with Crippen LogP contribution in [0.2, 0.25) is 0 Å². The molecule has 0 radical (unpaired) electrons. The first kappa shape index (κ1) is 21.6. The van der Waals surface area contributed by atoms with Gasteiger partial charge < -0.3 is 26.1 Å². The molecule has 5 N–H and O–H groups in total. The molecule has 1 amide bonds. The number of carbonyl (C=O) groups excluding carboxylic acids is 1. The molecule has 7 heteroatoms. The molecule has 0 aromatic rings. The summed E-state index contributed by atoms with van der Waals surface area (Å²) in [5.41, 5.74) is -0.844. The first-order valence-electron chi connectivity index (χ1n) is 4.63. The first-order valence-corrected chi connectivity index (χ1v) is 4.63. The number of nitrogens with one attached hydrogen (secondary N) is 1. The van der Waals surface area contributed by atoms with Crippen molar-refractivity contribution in [2.24, 2.45) is 5.41 Å². The summed E-state index contributed by atoms with van der Waals surface area (Å²) in [4.78, 5) is 11.3. The van der Waals surface area contributed by atoms with Gasteiger partial charge >= 0.3 is 29.6 Å². The summed E-state index contributed by atoms with van der Waals surface area (Å²) in [5, 5.41) is 29.3. The van der Waals surface area contributed by atoms with E-state index in [9.17, 15) is 9.90 Å². The van der Waals surface area contributed by atoms with E-state index in [0.717, 1.165) is 0 Å². The third-order valence-corrected chi connectivity index (χ3v) is 2.03. The molecule has 0 aromatic carbocycles. The van der Waals surface area contributed by atoms with Crippen LogP contribution < -0.4 is 34.9 Å². The van der Waals surface area contributed by atoms with Crippen molar-refractivity contribution in [1.29, 1.82) is 0 Å². The topological polar surface area (TPSA) is 120 Å². The number of hydrogen-bond acceptors (Lipinski definition) is 5. The average molecular weight is 245 g/mol. The normalized spacial score (nSPS) is 12.1. The van der Waals surface area contributed by atoms with Crippen molar-refractivity contribution in [3.8, 4) is 0 Å². The second-order valence-electron chi connectivity index (χ2n) is 3.92. The molecule has 0 bridgehead atoms. The van der Waals surface area contributed by atoms with E-state index in [4.69, 9.17) is 10.2 Å². The summed E-state index contributed by atoms with van der Waals surface area (Å²) in [6.07, 6.45) is -0.774. The maximum absolute atomic E-state index is 11.3. The molecule has 0 saturated carbocycles. The van der Waals surface area contributed by atoms with Crippen LogP contribution in [0.25, 0.3) is 0 Å². The molecular formula is C9H20NNaO5. The van der Waals surface area contributed by atoms with Gasteiger partial charge in [-0.2, -0.15) is 0 Å². The molecule has 16 heavy (non-hydrogen) atoms. The summed E-state index contributed by atoms with van der Waals surface area (Å²) in [6, 6.07) is 0. The number of carbonyl (C=O) groups is 1. The van der Waals surface area contributed by atoms with Gasteiger partial charge in [-0.05, 0) is 6.42 Å². The SMILES string of the molecule is CC(C)(CO)C(O)C(=O)NCCCO.[Na+].[OH-]. The fourth-order valence-electron chi connectivity index (χ4n) is 0.829. The number of amides is 1. The average Bonchev–Trinajstić information content (AvgIpc) is 2.17. The summed E-state index contributed by atoms with van der Waals surface area (Å²) in [6.45, 7) is 3.27. The number of hydrogen-bond donors (Lipinski definition) is 4. The van der Waals surface area contributed by atoms with Crippen LogP contribution in [0.15, 0.2) is 0 Å². The Kier molecular flexibility index (Phi) is 14.1. The summed E-state index contributed by atoms with van der Waals surface area (Å²) in [5.74, 6) is -0.516. The van der Waals surface area contributed by atoms with E-state index in [1.165, 1.54) is 0 Å². The van der Waals surface area contributed by atoms with Crippen LogP contribution in [0.3, 0.4) is 0 Å². The maximum Gasteiger partial charge on any atom is 1.00 e. The number of rotatable bonds is 6. The van der Waals surface area contributed by atoms with Crippen LogP contribution in [0.5, 0.6) is 0 Å². The van der Waals surface area contributed by atoms with Gasteiger partial charge in [0.25, 0.3) is 0 Å². The molecule has 0 aliphatic carbocycles. The predicted molar refractivity (Wildman–Crippen MR) is 53.5 cm³/mol. The van der Waals surface area contributed by atoms with Gasteiger partial charge in [-0.25, -0.2) is 0 Å². The third kappa shape index (κ3) is 7.56. The van der Waals surface area contributed by atoms with Crippen LogP contribution in [-0.2, 0) is 4.79 Å². The molecule has 1 unspecified atom stereocenters. The van der Waals surface area contributed by atoms with E-state index in [1.807, 2.05) is 0 Å². The molecular weight excluding hydrogens is 225 g/mol. The van der Waals surface area contributed by atoms with E-state index in [2.05, 4.69) is 5.32 Å². The zero-order valence-corrected chi connectivity index (χ0v) is 12.1. The van der Waals surface area contributed by atoms with Crippen molar-refractivity contribution in [1.82, 2.24) is 5.32 Å². The van der Waals surface area contributed by atoms with Crippen LogP contribution in [0, 0.1) is 5.41 Å². The standard InChI is InChI=1S/C9H19NO4.Na.H2O/c1-9(2,6-12)7(13)8(14)10-4-3-5-11;;/h7,11-13H,3-6H2,1-2H3,(H,10,14);;1H2/q;+1;/p-1. The molecule has 0 rings (SSSR count). The summed E-state index contributed by atoms with van der Waals surface area (Å²) < 4.78 is 0. The van der Waals surface area contributed by atoms with Crippen molar-refractivity contribution in [3.63, 3.8) is 0 Å². The van der Waals surface area contributed by atoms with Crippen molar-refractivity contribution >= 4 is 5.91 Å². The minimum Gasteiger partial charge on any atom is -0.870 e. The van der Waals surface area contributed by atoms with Gasteiger partial charge in [-0.3, -0.25) is 4.79 Å². The van der Waals surface area contributed by atoms with Crippen LogP contribution in [0.4, 0.5) is 0 Å². The van der Waals surface area contributed by atoms with Gasteiger partial charge in [0.2, 0.25) is 5.91 Å². The Morgan fingerprint density at radius 3 is 2.25 bits per heavy atom. The smallest absolute Gasteiger partial charge is 0.870 e. The quantitative estimate of drug-likeness (QED) is 0.279. The zero-order chi connectivity index (χ0) is 11.2. The molecule has 0 aliphatic rings. The number of aliphatic hydroxyl groups excluding tert-OH is 3. The largest absolute Gasteiger partial charge is 1.00 e. The molecule has 92 valence electrons. The van der Waals surface area contributed by atoms with Crippen molar-refractivity contribution in [2.45, 2.75) is 26.4 Å². The van der Waals surface area contributed by atoms with Gasteiger partial charge in [0.05, 0.1) is 6.61 Å². The number of aliphatic hydroxyl groups is 3. The fourth-order valence-corrected chi connectivity index (χ4v) is 0.829. The van der Waals surface area contributed by atoms with Gasteiger partial charge in [0.1, 0.15) is 6.10 Å². The van der Waals surface area contributed by atoms with Gasteiger partial charge in [-0.15, -0.1) is 0 Å². The fraction of sp³-hybridized carbons (Fsp3) is 0.889. The molecule has 0 spiro atoms. The first-order chi connectivity index (χ1) is 6.45. The molecule has 1 atom stereocenters. The maximum atomic E-state index is 11.3.